The average Bonchev–Trinajstić information content (AvgIpc) is 2.37. The first-order chi connectivity index (χ1) is 8.10. The first kappa shape index (κ1) is 13.2. The Labute approximate surface area is 99.0 Å². The summed E-state index contributed by atoms with van der Waals surface area (Å²) in [5, 5.41) is 9.22. The van der Waals surface area contributed by atoms with Gasteiger partial charge in [0.2, 0.25) is 6.29 Å². The van der Waals surface area contributed by atoms with Crippen molar-refractivity contribution in [2.24, 2.45) is 0 Å². The van der Waals surface area contributed by atoms with Crippen molar-refractivity contribution in [2.75, 3.05) is 7.11 Å². The maximum atomic E-state index is 11.7. The van der Waals surface area contributed by atoms with E-state index >= 15 is 0 Å². The molecule has 0 bridgehead atoms. The zero-order valence-electron chi connectivity index (χ0n) is 9.67. The Morgan fingerprint density at radius 2 is 1.76 bits per heavy atom. The number of benzene rings is 1. The fraction of sp³-hybridized carbons (Fsp3) is 0.333. The molecule has 0 aliphatic carbocycles. The first-order valence-corrected chi connectivity index (χ1v) is 5.16. The number of esters is 2. The fourth-order valence-electron chi connectivity index (χ4n) is 1.22. The second-order valence-electron chi connectivity index (χ2n) is 3.31. The van der Waals surface area contributed by atoms with Gasteiger partial charge in [0, 0.05) is 6.42 Å². The van der Waals surface area contributed by atoms with Crippen LogP contribution in [-0.2, 0) is 9.47 Å². The van der Waals surface area contributed by atoms with Crippen LogP contribution in [0.3, 0.4) is 0 Å². The summed E-state index contributed by atoms with van der Waals surface area (Å²) < 4.78 is 9.28. The third-order valence-electron chi connectivity index (χ3n) is 2.14. The van der Waals surface area contributed by atoms with Gasteiger partial charge in [0.25, 0.3) is 0 Å². The molecule has 1 aromatic carbocycles. The molecule has 17 heavy (non-hydrogen) atoms. The maximum absolute atomic E-state index is 11.7. The van der Waals surface area contributed by atoms with Crippen LogP contribution in [0.5, 0.6) is 0 Å². The minimum Gasteiger partial charge on any atom is -0.465 e. The van der Waals surface area contributed by atoms with E-state index in [1.165, 1.54) is 19.2 Å². The van der Waals surface area contributed by atoms with Crippen molar-refractivity contribution in [1.82, 2.24) is 0 Å². The van der Waals surface area contributed by atoms with Crippen molar-refractivity contribution < 1.29 is 24.2 Å². The van der Waals surface area contributed by atoms with Crippen LogP contribution in [-0.4, -0.2) is 30.4 Å². The number of hydrogen-bond donors (Lipinski definition) is 1. The predicted molar refractivity (Wildman–Crippen MR) is 59.5 cm³/mol. The van der Waals surface area contributed by atoms with E-state index in [9.17, 15) is 14.7 Å². The van der Waals surface area contributed by atoms with Gasteiger partial charge in [0.15, 0.2) is 0 Å². The summed E-state index contributed by atoms with van der Waals surface area (Å²) in [6, 6.07) is 6.11. The first-order valence-electron chi connectivity index (χ1n) is 5.16. The number of aliphatic hydroxyl groups is 1. The molecule has 5 nitrogen and oxygen atoms in total. The van der Waals surface area contributed by atoms with E-state index in [2.05, 4.69) is 4.74 Å². The largest absolute Gasteiger partial charge is 0.465 e. The summed E-state index contributed by atoms with van der Waals surface area (Å²) in [4.78, 5) is 23.1. The molecule has 0 aromatic heterocycles. The standard InChI is InChI=1S/C12H14O5/c1-3-10(13)17-12(15)9-7-5-4-6-8(9)11(14)16-2/h4-7,10,13H,3H2,1-2H3. The maximum Gasteiger partial charge on any atom is 0.341 e. The normalized spacial score (nSPS) is 11.7. The van der Waals surface area contributed by atoms with E-state index < -0.39 is 18.2 Å². The molecule has 0 aliphatic heterocycles. The van der Waals surface area contributed by atoms with Crippen LogP contribution >= 0.6 is 0 Å². The van der Waals surface area contributed by atoms with Crippen LogP contribution in [0.4, 0.5) is 0 Å². The summed E-state index contributed by atoms with van der Waals surface area (Å²) in [7, 11) is 1.23. The summed E-state index contributed by atoms with van der Waals surface area (Å²) in [5.74, 6) is -1.37. The third kappa shape index (κ3) is 3.29. The van der Waals surface area contributed by atoms with E-state index in [4.69, 9.17) is 4.74 Å². The van der Waals surface area contributed by atoms with E-state index in [1.807, 2.05) is 0 Å². The van der Waals surface area contributed by atoms with Crippen molar-refractivity contribution in [3.05, 3.63) is 35.4 Å². The number of methoxy groups -OCH3 is 1. The summed E-state index contributed by atoms with van der Waals surface area (Å²) >= 11 is 0. The summed E-state index contributed by atoms with van der Waals surface area (Å²) in [6.45, 7) is 1.67. The summed E-state index contributed by atoms with van der Waals surface area (Å²) in [5.41, 5.74) is 0.190. The lowest BCUT2D eigenvalue weighted by atomic mass is 10.1. The van der Waals surface area contributed by atoms with Crippen molar-refractivity contribution in [3.8, 4) is 0 Å². The van der Waals surface area contributed by atoms with Crippen LogP contribution < -0.4 is 0 Å². The molecule has 5 heteroatoms. The molecule has 0 amide bonds. The van der Waals surface area contributed by atoms with Crippen molar-refractivity contribution in [2.45, 2.75) is 19.6 Å². The Morgan fingerprint density at radius 3 is 2.24 bits per heavy atom. The highest BCUT2D eigenvalue weighted by atomic mass is 16.6. The smallest absolute Gasteiger partial charge is 0.341 e. The fourth-order valence-corrected chi connectivity index (χ4v) is 1.22. The van der Waals surface area contributed by atoms with Gasteiger partial charge in [-0.25, -0.2) is 9.59 Å². The number of ether oxygens (including phenoxy) is 2. The Hall–Kier alpha value is -1.88. The van der Waals surface area contributed by atoms with Gasteiger partial charge in [-0.15, -0.1) is 0 Å². The van der Waals surface area contributed by atoms with Gasteiger partial charge in [-0.1, -0.05) is 19.1 Å². The highest BCUT2D eigenvalue weighted by molar-refractivity contribution is 6.03. The van der Waals surface area contributed by atoms with Crippen LogP contribution in [0.1, 0.15) is 34.1 Å². The summed E-state index contributed by atoms with van der Waals surface area (Å²) in [6.07, 6.45) is -0.889. The molecule has 92 valence electrons. The SMILES string of the molecule is CCC(O)OC(=O)c1ccccc1C(=O)OC. The number of carbonyl (C=O) groups is 2. The lowest BCUT2D eigenvalue weighted by molar-refractivity contribution is -0.0657. The van der Waals surface area contributed by atoms with Gasteiger partial charge < -0.3 is 14.6 Å². The molecule has 1 N–H and O–H groups in total. The Bertz CT molecular complexity index is 413. The number of rotatable bonds is 4. The Kier molecular flexibility index (Phi) is 4.66. The molecule has 0 saturated carbocycles. The molecule has 0 saturated heterocycles. The van der Waals surface area contributed by atoms with E-state index in [-0.39, 0.29) is 17.5 Å². The van der Waals surface area contributed by atoms with Gasteiger partial charge in [0.1, 0.15) is 0 Å². The Morgan fingerprint density at radius 1 is 1.24 bits per heavy atom. The zero-order chi connectivity index (χ0) is 12.8. The molecule has 1 unspecified atom stereocenters. The highest BCUT2D eigenvalue weighted by Crippen LogP contribution is 2.12. The van der Waals surface area contributed by atoms with Crippen LogP contribution in [0.15, 0.2) is 24.3 Å². The monoisotopic (exact) mass is 238 g/mol. The topological polar surface area (TPSA) is 72.8 Å². The predicted octanol–water partition coefficient (Wildman–Crippen LogP) is 1.36. The van der Waals surface area contributed by atoms with Crippen LogP contribution in [0, 0.1) is 0 Å². The molecular formula is C12H14O5. The lowest BCUT2D eigenvalue weighted by Crippen LogP contribution is -2.19. The van der Waals surface area contributed by atoms with Crippen molar-refractivity contribution in [1.29, 1.82) is 0 Å². The molecular weight excluding hydrogens is 224 g/mol. The van der Waals surface area contributed by atoms with Crippen LogP contribution in [0.25, 0.3) is 0 Å². The number of aliphatic hydroxyl groups excluding tert-OH is 1. The van der Waals surface area contributed by atoms with Gasteiger partial charge in [0.05, 0.1) is 18.2 Å². The molecule has 1 rings (SSSR count). The minimum atomic E-state index is -1.17. The van der Waals surface area contributed by atoms with Crippen molar-refractivity contribution in [3.63, 3.8) is 0 Å². The lowest BCUT2D eigenvalue weighted by Gasteiger charge is -2.11. The number of hydrogen-bond acceptors (Lipinski definition) is 5. The van der Waals surface area contributed by atoms with Gasteiger partial charge in [-0.2, -0.15) is 0 Å². The minimum absolute atomic E-state index is 0.0758. The Balaban J connectivity index is 2.97. The van der Waals surface area contributed by atoms with Gasteiger partial charge in [-0.3, -0.25) is 0 Å². The molecule has 0 aliphatic rings. The van der Waals surface area contributed by atoms with Gasteiger partial charge >= 0.3 is 11.9 Å². The molecule has 0 spiro atoms. The van der Waals surface area contributed by atoms with E-state index in [0.29, 0.717) is 0 Å². The molecule has 0 fully saturated rings. The average molecular weight is 238 g/mol. The second kappa shape index (κ2) is 6.00. The van der Waals surface area contributed by atoms with Crippen molar-refractivity contribution >= 4 is 11.9 Å². The highest BCUT2D eigenvalue weighted by Gasteiger charge is 2.19. The molecule has 1 aromatic rings. The number of carbonyl (C=O) groups excluding carboxylic acids is 2. The molecule has 1 atom stereocenters. The molecule has 0 radical (unpaired) electrons. The van der Waals surface area contributed by atoms with E-state index in [1.54, 1.807) is 19.1 Å². The quantitative estimate of drug-likeness (QED) is 0.633. The zero-order valence-corrected chi connectivity index (χ0v) is 9.67. The molecule has 0 heterocycles. The van der Waals surface area contributed by atoms with Gasteiger partial charge in [-0.05, 0) is 12.1 Å². The van der Waals surface area contributed by atoms with Crippen LogP contribution in [0.2, 0.25) is 0 Å². The van der Waals surface area contributed by atoms with E-state index in [0.717, 1.165) is 0 Å². The third-order valence-corrected chi connectivity index (χ3v) is 2.14. The second-order valence-corrected chi connectivity index (χ2v) is 3.31.